The molecule has 2 nitrogen and oxygen atoms in total. The highest BCUT2D eigenvalue weighted by Gasteiger charge is 2.18. The van der Waals surface area contributed by atoms with Crippen molar-refractivity contribution in [1.82, 2.24) is 9.55 Å². The van der Waals surface area contributed by atoms with E-state index in [1.165, 1.54) is 25.7 Å². The first-order valence-corrected chi connectivity index (χ1v) is 7.40. The number of halogens is 2. The van der Waals surface area contributed by atoms with Crippen molar-refractivity contribution in [3.8, 4) is 0 Å². The Morgan fingerprint density at radius 1 is 1.33 bits per heavy atom. The number of aromatic nitrogens is 2. The fourth-order valence-electron chi connectivity index (χ4n) is 2.60. The highest BCUT2D eigenvalue weighted by atomic mass is 35.5. The molecule has 4 heteroatoms. The van der Waals surface area contributed by atoms with Gasteiger partial charge in [-0.3, -0.25) is 0 Å². The van der Waals surface area contributed by atoms with E-state index in [1.54, 1.807) is 0 Å². The molecule has 0 radical (unpaired) electrons. The number of benzene rings is 1. The normalized spacial score (nSPS) is 16.1. The van der Waals surface area contributed by atoms with Crippen molar-refractivity contribution in [1.29, 1.82) is 0 Å². The average molecular weight is 283 g/mol. The molecule has 1 aromatic heterocycles. The summed E-state index contributed by atoms with van der Waals surface area (Å²) in [5.41, 5.74) is 2.10. The topological polar surface area (TPSA) is 17.8 Å². The number of nitrogens with zero attached hydrogens (tertiary/aromatic N) is 2. The molecule has 0 unspecified atom stereocenters. The lowest BCUT2D eigenvalue weighted by Gasteiger charge is -2.25. The summed E-state index contributed by atoms with van der Waals surface area (Å²) in [6.45, 7) is 1.02. The van der Waals surface area contributed by atoms with Gasteiger partial charge in [0.15, 0.2) is 0 Å². The number of fused-ring (bicyclic) bond motifs is 1. The lowest BCUT2D eigenvalue weighted by molar-refractivity contribution is 0.282. The summed E-state index contributed by atoms with van der Waals surface area (Å²) < 4.78 is 2.25. The second-order valence-electron chi connectivity index (χ2n) is 5.03. The summed E-state index contributed by atoms with van der Waals surface area (Å²) in [4.78, 5) is 4.56. The van der Waals surface area contributed by atoms with Gasteiger partial charge in [-0.05, 0) is 30.5 Å². The van der Waals surface area contributed by atoms with Gasteiger partial charge in [0.2, 0.25) is 0 Å². The van der Waals surface area contributed by atoms with Crippen molar-refractivity contribution in [2.24, 2.45) is 5.92 Å². The molecule has 0 amide bonds. The maximum absolute atomic E-state index is 6.00. The van der Waals surface area contributed by atoms with Crippen LogP contribution in [0.25, 0.3) is 11.0 Å². The Kier molecular flexibility index (Phi) is 3.49. The molecular weight excluding hydrogens is 267 g/mol. The first-order chi connectivity index (χ1) is 8.78. The number of alkyl halides is 1. The van der Waals surface area contributed by atoms with E-state index in [-0.39, 0.29) is 0 Å². The van der Waals surface area contributed by atoms with Crippen molar-refractivity contribution in [3.05, 3.63) is 29.0 Å². The molecule has 3 rings (SSSR count). The van der Waals surface area contributed by atoms with Gasteiger partial charge in [-0.2, -0.15) is 0 Å². The standard InChI is InChI=1S/C14H16Cl2N2/c15-9-14-17-12-8-11(16)4-5-13(12)18(14)7-6-10-2-1-3-10/h4-5,8,10H,1-3,6-7,9H2. The van der Waals surface area contributed by atoms with E-state index in [2.05, 4.69) is 9.55 Å². The van der Waals surface area contributed by atoms with Gasteiger partial charge in [0, 0.05) is 11.6 Å². The van der Waals surface area contributed by atoms with Gasteiger partial charge < -0.3 is 4.57 Å². The van der Waals surface area contributed by atoms with Crippen LogP contribution in [-0.4, -0.2) is 9.55 Å². The van der Waals surface area contributed by atoms with E-state index < -0.39 is 0 Å². The molecule has 96 valence electrons. The van der Waals surface area contributed by atoms with Crippen LogP contribution in [0, 0.1) is 5.92 Å². The average Bonchev–Trinajstić information content (AvgIpc) is 2.64. The number of imidazole rings is 1. The molecule has 1 heterocycles. The molecule has 1 aromatic carbocycles. The van der Waals surface area contributed by atoms with Gasteiger partial charge in [-0.15, -0.1) is 11.6 Å². The SMILES string of the molecule is ClCc1nc2cc(Cl)ccc2n1CCC1CCC1. The number of aryl methyl sites for hydroxylation is 1. The van der Waals surface area contributed by atoms with Crippen LogP contribution >= 0.6 is 23.2 Å². The van der Waals surface area contributed by atoms with E-state index in [0.717, 1.165) is 34.3 Å². The second-order valence-corrected chi connectivity index (χ2v) is 5.74. The molecule has 1 aliphatic carbocycles. The van der Waals surface area contributed by atoms with Crippen molar-refractivity contribution in [2.45, 2.75) is 38.1 Å². The Labute approximate surface area is 117 Å². The summed E-state index contributed by atoms with van der Waals surface area (Å²) in [5, 5.41) is 0.729. The predicted molar refractivity (Wildman–Crippen MR) is 76.3 cm³/mol. The molecular formula is C14H16Cl2N2. The third-order valence-electron chi connectivity index (χ3n) is 3.89. The molecule has 0 atom stereocenters. The Balaban J connectivity index is 1.91. The largest absolute Gasteiger partial charge is 0.327 e. The minimum absolute atomic E-state index is 0.455. The van der Waals surface area contributed by atoms with Crippen LogP contribution < -0.4 is 0 Å². The molecule has 0 saturated heterocycles. The first kappa shape index (κ1) is 12.3. The Bertz CT molecular complexity index is 558. The third-order valence-corrected chi connectivity index (χ3v) is 4.37. The van der Waals surface area contributed by atoms with E-state index >= 15 is 0 Å². The maximum Gasteiger partial charge on any atom is 0.124 e. The van der Waals surface area contributed by atoms with Gasteiger partial charge in [0.05, 0.1) is 16.9 Å². The van der Waals surface area contributed by atoms with Crippen LogP contribution in [0.1, 0.15) is 31.5 Å². The van der Waals surface area contributed by atoms with E-state index in [4.69, 9.17) is 23.2 Å². The highest BCUT2D eigenvalue weighted by Crippen LogP contribution is 2.31. The zero-order valence-electron chi connectivity index (χ0n) is 10.2. The van der Waals surface area contributed by atoms with Crippen LogP contribution in [0.3, 0.4) is 0 Å². The van der Waals surface area contributed by atoms with Crippen LogP contribution in [0.5, 0.6) is 0 Å². The van der Waals surface area contributed by atoms with E-state index in [9.17, 15) is 0 Å². The number of hydrogen-bond acceptors (Lipinski definition) is 1. The van der Waals surface area contributed by atoms with Gasteiger partial charge in [0.1, 0.15) is 5.82 Å². The van der Waals surface area contributed by atoms with Crippen LogP contribution in [0.15, 0.2) is 18.2 Å². The zero-order chi connectivity index (χ0) is 12.5. The third kappa shape index (κ3) is 2.24. The maximum atomic E-state index is 6.00. The molecule has 1 fully saturated rings. The first-order valence-electron chi connectivity index (χ1n) is 6.48. The van der Waals surface area contributed by atoms with Crippen molar-refractivity contribution in [2.75, 3.05) is 0 Å². The smallest absolute Gasteiger partial charge is 0.124 e. The Morgan fingerprint density at radius 3 is 2.83 bits per heavy atom. The Hall–Kier alpha value is -0.730. The molecule has 0 bridgehead atoms. The number of rotatable bonds is 4. The quantitative estimate of drug-likeness (QED) is 0.749. The second kappa shape index (κ2) is 5.10. The molecule has 0 aliphatic heterocycles. The van der Waals surface area contributed by atoms with Crippen molar-refractivity contribution in [3.63, 3.8) is 0 Å². The molecule has 0 N–H and O–H groups in total. The summed E-state index contributed by atoms with van der Waals surface area (Å²) in [6.07, 6.45) is 5.40. The minimum Gasteiger partial charge on any atom is -0.327 e. The fraction of sp³-hybridized carbons (Fsp3) is 0.500. The lowest BCUT2D eigenvalue weighted by atomic mass is 9.83. The van der Waals surface area contributed by atoms with E-state index in [0.29, 0.717) is 5.88 Å². The van der Waals surface area contributed by atoms with Gasteiger partial charge >= 0.3 is 0 Å². The molecule has 1 aliphatic rings. The van der Waals surface area contributed by atoms with Crippen molar-refractivity contribution < 1.29 is 0 Å². The summed E-state index contributed by atoms with van der Waals surface area (Å²) in [6, 6.07) is 5.87. The van der Waals surface area contributed by atoms with Crippen LogP contribution in [0.4, 0.5) is 0 Å². The monoisotopic (exact) mass is 282 g/mol. The highest BCUT2D eigenvalue weighted by molar-refractivity contribution is 6.31. The van der Waals surface area contributed by atoms with Crippen LogP contribution in [-0.2, 0) is 12.4 Å². The molecule has 18 heavy (non-hydrogen) atoms. The summed E-state index contributed by atoms with van der Waals surface area (Å²) >= 11 is 12.0. The van der Waals surface area contributed by atoms with Gasteiger partial charge in [-0.25, -0.2) is 4.98 Å². The van der Waals surface area contributed by atoms with Crippen LogP contribution in [0.2, 0.25) is 5.02 Å². The van der Waals surface area contributed by atoms with Gasteiger partial charge in [0.25, 0.3) is 0 Å². The summed E-state index contributed by atoms with van der Waals surface area (Å²) in [7, 11) is 0. The van der Waals surface area contributed by atoms with E-state index in [1.807, 2.05) is 18.2 Å². The minimum atomic E-state index is 0.455. The molecule has 0 spiro atoms. The molecule has 1 saturated carbocycles. The Morgan fingerprint density at radius 2 is 2.17 bits per heavy atom. The van der Waals surface area contributed by atoms with Crippen molar-refractivity contribution >= 4 is 34.2 Å². The predicted octanol–water partition coefficient (Wildman–Crippen LogP) is 4.62. The zero-order valence-corrected chi connectivity index (χ0v) is 11.7. The summed E-state index contributed by atoms with van der Waals surface area (Å²) in [5.74, 6) is 2.31. The molecule has 2 aromatic rings. The lowest BCUT2D eigenvalue weighted by Crippen LogP contribution is -2.14. The number of hydrogen-bond donors (Lipinski definition) is 0. The fourth-order valence-corrected chi connectivity index (χ4v) is 2.97. The van der Waals surface area contributed by atoms with Gasteiger partial charge in [-0.1, -0.05) is 30.9 Å².